The molecule has 2 aromatic carbocycles. The minimum Gasteiger partial charge on any atom is -0.497 e. The average Bonchev–Trinajstić information content (AvgIpc) is 2.81. The molecule has 0 aliphatic carbocycles. The lowest BCUT2D eigenvalue weighted by Gasteiger charge is -2.27. The predicted octanol–water partition coefficient (Wildman–Crippen LogP) is 3.63. The molecule has 1 aliphatic rings. The van der Waals surface area contributed by atoms with Gasteiger partial charge in [0.2, 0.25) is 0 Å². The van der Waals surface area contributed by atoms with Gasteiger partial charge in [0.15, 0.2) is 5.82 Å². The van der Waals surface area contributed by atoms with Crippen molar-refractivity contribution in [2.45, 2.75) is 0 Å². The van der Waals surface area contributed by atoms with Crippen LogP contribution < -0.4 is 20.3 Å². The minimum atomic E-state index is -0.317. The average molecular weight is 405 g/mol. The molecule has 1 fully saturated rings. The van der Waals surface area contributed by atoms with E-state index in [1.807, 2.05) is 36.4 Å². The lowest BCUT2D eigenvalue weighted by atomic mass is 10.1. The molecule has 8 heteroatoms. The molecule has 8 nitrogen and oxygen atoms in total. The monoisotopic (exact) mass is 405 g/mol. The van der Waals surface area contributed by atoms with E-state index in [1.165, 1.54) is 0 Å². The summed E-state index contributed by atoms with van der Waals surface area (Å²) in [7, 11) is 1.60. The molecule has 0 atom stereocenters. The molecule has 1 saturated heterocycles. The zero-order valence-electron chi connectivity index (χ0n) is 16.7. The Balaban J connectivity index is 1.35. The number of methoxy groups -OCH3 is 1. The largest absolute Gasteiger partial charge is 0.497 e. The number of rotatable bonds is 5. The maximum Gasteiger partial charge on any atom is 0.323 e. The van der Waals surface area contributed by atoms with Crippen LogP contribution in [0.15, 0.2) is 60.7 Å². The number of nitrogens with one attached hydrogen (secondary N) is 2. The Labute approximate surface area is 174 Å². The second kappa shape index (κ2) is 9.23. The Morgan fingerprint density at radius 3 is 2.10 bits per heavy atom. The first-order chi connectivity index (χ1) is 14.7. The maximum atomic E-state index is 12.2. The highest BCUT2D eigenvalue weighted by Crippen LogP contribution is 2.21. The van der Waals surface area contributed by atoms with Crippen molar-refractivity contribution in [3.05, 3.63) is 60.7 Å². The molecule has 0 bridgehead atoms. The zero-order valence-corrected chi connectivity index (χ0v) is 16.7. The van der Waals surface area contributed by atoms with Gasteiger partial charge < -0.3 is 25.0 Å². The Bertz CT molecular complexity index is 969. The number of urea groups is 1. The summed E-state index contributed by atoms with van der Waals surface area (Å²) in [5.41, 5.74) is 3.07. The number of morpholine rings is 1. The van der Waals surface area contributed by atoms with Crippen LogP contribution in [0.2, 0.25) is 0 Å². The fourth-order valence-electron chi connectivity index (χ4n) is 3.13. The SMILES string of the molecule is COc1ccc(NC(=O)Nc2ccc(-c3ccc(N4CCOCC4)nn3)cc2)cc1. The smallest absolute Gasteiger partial charge is 0.323 e. The van der Waals surface area contributed by atoms with E-state index in [4.69, 9.17) is 9.47 Å². The summed E-state index contributed by atoms with van der Waals surface area (Å²) in [5, 5.41) is 14.3. The van der Waals surface area contributed by atoms with E-state index in [2.05, 4.69) is 25.7 Å². The lowest BCUT2D eigenvalue weighted by molar-refractivity contribution is 0.122. The molecule has 4 rings (SSSR count). The number of amides is 2. The van der Waals surface area contributed by atoms with Crippen molar-refractivity contribution in [3.8, 4) is 17.0 Å². The number of nitrogens with zero attached hydrogens (tertiary/aromatic N) is 3. The van der Waals surface area contributed by atoms with E-state index in [0.717, 1.165) is 35.9 Å². The van der Waals surface area contributed by atoms with Crippen molar-refractivity contribution in [1.29, 1.82) is 0 Å². The van der Waals surface area contributed by atoms with Gasteiger partial charge in [0, 0.05) is 30.0 Å². The molecule has 2 amide bonds. The van der Waals surface area contributed by atoms with Gasteiger partial charge in [-0.3, -0.25) is 0 Å². The first kappa shape index (κ1) is 19.7. The summed E-state index contributed by atoms with van der Waals surface area (Å²) in [6.45, 7) is 3.08. The van der Waals surface area contributed by atoms with E-state index in [9.17, 15) is 4.79 Å². The van der Waals surface area contributed by atoms with Crippen LogP contribution in [0.3, 0.4) is 0 Å². The van der Waals surface area contributed by atoms with Crippen molar-refractivity contribution in [2.75, 3.05) is 48.9 Å². The fraction of sp³-hybridized carbons (Fsp3) is 0.227. The van der Waals surface area contributed by atoms with Gasteiger partial charge in [-0.05, 0) is 48.5 Å². The third kappa shape index (κ3) is 4.84. The van der Waals surface area contributed by atoms with Crippen LogP contribution in [0.5, 0.6) is 5.75 Å². The van der Waals surface area contributed by atoms with Gasteiger partial charge in [-0.1, -0.05) is 12.1 Å². The number of hydrogen-bond donors (Lipinski definition) is 2. The molecule has 0 spiro atoms. The standard InChI is InChI=1S/C22H23N5O3/c1-29-19-8-6-18(7-9-19)24-22(28)23-17-4-2-16(3-5-17)20-10-11-21(26-25-20)27-12-14-30-15-13-27/h2-11H,12-15H2,1H3,(H2,23,24,28). The third-order valence-corrected chi connectivity index (χ3v) is 4.77. The zero-order chi connectivity index (χ0) is 20.8. The molecule has 1 aliphatic heterocycles. The van der Waals surface area contributed by atoms with Crippen LogP contribution in [0.1, 0.15) is 0 Å². The number of anilines is 3. The lowest BCUT2D eigenvalue weighted by Crippen LogP contribution is -2.36. The maximum absolute atomic E-state index is 12.2. The molecule has 30 heavy (non-hydrogen) atoms. The van der Waals surface area contributed by atoms with Crippen molar-refractivity contribution in [1.82, 2.24) is 10.2 Å². The van der Waals surface area contributed by atoms with Gasteiger partial charge in [0.05, 0.1) is 26.0 Å². The number of benzene rings is 2. The number of carbonyl (C=O) groups is 1. The predicted molar refractivity (Wildman–Crippen MR) is 116 cm³/mol. The van der Waals surface area contributed by atoms with Crippen LogP contribution in [0.4, 0.5) is 22.0 Å². The summed E-state index contributed by atoms with van der Waals surface area (Å²) < 4.78 is 10.5. The van der Waals surface area contributed by atoms with Crippen molar-refractivity contribution in [2.24, 2.45) is 0 Å². The fourth-order valence-corrected chi connectivity index (χ4v) is 3.13. The van der Waals surface area contributed by atoms with Gasteiger partial charge in [0.1, 0.15) is 5.75 Å². The molecular weight excluding hydrogens is 382 g/mol. The molecular formula is C22H23N5O3. The minimum absolute atomic E-state index is 0.317. The molecule has 2 heterocycles. The van der Waals surface area contributed by atoms with Crippen molar-refractivity contribution < 1.29 is 14.3 Å². The third-order valence-electron chi connectivity index (χ3n) is 4.77. The summed E-state index contributed by atoms with van der Waals surface area (Å²) in [6.07, 6.45) is 0. The first-order valence-corrected chi connectivity index (χ1v) is 9.70. The number of carbonyl (C=O) groups excluding carboxylic acids is 1. The van der Waals surface area contributed by atoms with Crippen LogP contribution in [0.25, 0.3) is 11.3 Å². The second-order valence-corrected chi connectivity index (χ2v) is 6.76. The second-order valence-electron chi connectivity index (χ2n) is 6.76. The van der Waals surface area contributed by atoms with Gasteiger partial charge in [-0.25, -0.2) is 4.79 Å². The van der Waals surface area contributed by atoms with Crippen LogP contribution in [-0.2, 0) is 4.74 Å². The molecule has 0 saturated carbocycles. The quantitative estimate of drug-likeness (QED) is 0.674. The molecule has 0 radical (unpaired) electrons. The molecule has 3 aromatic rings. The van der Waals surface area contributed by atoms with Crippen LogP contribution in [-0.4, -0.2) is 49.6 Å². The van der Waals surface area contributed by atoms with Crippen molar-refractivity contribution >= 4 is 23.2 Å². The van der Waals surface area contributed by atoms with E-state index in [0.29, 0.717) is 24.6 Å². The normalized spacial score (nSPS) is 13.6. The first-order valence-electron chi connectivity index (χ1n) is 9.70. The summed E-state index contributed by atoms with van der Waals surface area (Å²) >= 11 is 0. The number of aromatic nitrogens is 2. The van der Waals surface area contributed by atoms with Crippen LogP contribution in [0, 0.1) is 0 Å². The Kier molecular flexibility index (Phi) is 6.05. The molecule has 0 unspecified atom stereocenters. The Morgan fingerprint density at radius 2 is 1.53 bits per heavy atom. The Morgan fingerprint density at radius 1 is 0.900 bits per heavy atom. The Hall–Kier alpha value is -3.65. The van der Waals surface area contributed by atoms with Gasteiger partial charge in [-0.2, -0.15) is 0 Å². The van der Waals surface area contributed by atoms with Gasteiger partial charge in [0.25, 0.3) is 0 Å². The van der Waals surface area contributed by atoms with E-state index in [-0.39, 0.29) is 6.03 Å². The van der Waals surface area contributed by atoms with E-state index in [1.54, 1.807) is 31.4 Å². The number of ether oxygens (including phenoxy) is 2. The number of hydrogen-bond acceptors (Lipinski definition) is 6. The topological polar surface area (TPSA) is 88.6 Å². The molecule has 2 N–H and O–H groups in total. The highest BCUT2D eigenvalue weighted by Gasteiger charge is 2.13. The van der Waals surface area contributed by atoms with E-state index >= 15 is 0 Å². The van der Waals surface area contributed by atoms with Gasteiger partial charge >= 0.3 is 6.03 Å². The highest BCUT2D eigenvalue weighted by atomic mass is 16.5. The molecule has 1 aromatic heterocycles. The summed E-state index contributed by atoms with van der Waals surface area (Å²) in [6, 6.07) is 18.2. The van der Waals surface area contributed by atoms with Crippen molar-refractivity contribution in [3.63, 3.8) is 0 Å². The van der Waals surface area contributed by atoms with Gasteiger partial charge in [-0.15, -0.1) is 10.2 Å². The summed E-state index contributed by atoms with van der Waals surface area (Å²) in [5.74, 6) is 1.59. The van der Waals surface area contributed by atoms with Crippen LogP contribution >= 0.6 is 0 Å². The summed E-state index contributed by atoms with van der Waals surface area (Å²) in [4.78, 5) is 14.4. The van der Waals surface area contributed by atoms with E-state index < -0.39 is 0 Å². The molecule has 154 valence electrons. The highest BCUT2D eigenvalue weighted by molar-refractivity contribution is 5.99.